The molecule has 0 aliphatic carbocycles. The minimum Gasteiger partial charge on any atom is -0.293 e. The molecule has 15 heavy (non-hydrogen) atoms. The quantitative estimate of drug-likeness (QED) is 0.760. The van der Waals surface area contributed by atoms with Crippen molar-refractivity contribution in [1.82, 2.24) is 9.88 Å². The number of nitrogens with zero attached hydrogens (tertiary/aromatic N) is 2. The molecule has 0 saturated carbocycles. The third kappa shape index (κ3) is 2.92. The first kappa shape index (κ1) is 11.4. The van der Waals surface area contributed by atoms with Gasteiger partial charge in [0.2, 0.25) is 0 Å². The van der Waals surface area contributed by atoms with Crippen LogP contribution in [0.25, 0.3) is 0 Å². The summed E-state index contributed by atoms with van der Waals surface area (Å²) in [6.07, 6.45) is 3.87. The second-order valence-corrected chi connectivity index (χ2v) is 5.41. The second kappa shape index (κ2) is 5.28. The summed E-state index contributed by atoms with van der Waals surface area (Å²) in [5, 5.41) is 3.35. The Labute approximate surface area is 100 Å². The molecule has 2 rings (SSSR count). The highest BCUT2D eigenvalue weighted by Gasteiger charge is 2.22. The molecule has 2 heterocycles. The van der Waals surface area contributed by atoms with Crippen LogP contribution in [-0.2, 0) is 6.54 Å². The van der Waals surface area contributed by atoms with E-state index in [0.717, 1.165) is 18.1 Å². The Morgan fingerprint density at radius 2 is 2.47 bits per heavy atom. The highest BCUT2D eigenvalue weighted by Crippen LogP contribution is 2.21. The normalized spacial score (nSPS) is 23.2. The van der Waals surface area contributed by atoms with Crippen molar-refractivity contribution < 1.29 is 0 Å². The molecule has 1 fully saturated rings. The molecule has 4 heteroatoms. The molecule has 0 bridgehead atoms. The fourth-order valence-corrected chi connectivity index (χ4v) is 3.24. The fourth-order valence-electron chi connectivity index (χ4n) is 2.09. The smallest absolute Gasteiger partial charge is 0.107 e. The average Bonchev–Trinajstić information content (AvgIpc) is 2.65. The number of likely N-dealkylation sites (tertiary alicyclic amines) is 1. The third-order valence-corrected chi connectivity index (χ3v) is 4.24. The van der Waals surface area contributed by atoms with E-state index >= 15 is 0 Å². The lowest BCUT2D eigenvalue weighted by atomic mass is 10.0. The van der Waals surface area contributed by atoms with Gasteiger partial charge in [0.25, 0.3) is 0 Å². The van der Waals surface area contributed by atoms with E-state index in [2.05, 4.69) is 22.2 Å². The molecular formula is C11H17ClN2S. The Hall–Kier alpha value is -0.120. The second-order valence-electron chi connectivity index (χ2n) is 4.16. The van der Waals surface area contributed by atoms with Gasteiger partial charge in [-0.3, -0.25) is 4.90 Å². The summed E-state index contributed by atoms with van der Waals surface area (Å²) in [6.45, 7) is 4.21. The van der Waals surface area contributed by atoms with Crippen LogP contribution >= 0.6 is 22.9 Å². The SMILES string of the molecule is Cc1csc(CN2CCCCC2CCl)n1. The van der Waals surface area contributed by atoms with Crippen molar-refractivity contribution in [3.8, 4) is 0 Å². The molecule has 0 radical (unpaired) electrons. The van der Waals surface area contributed by atoms with Crippen LogP contribution < -0.4 is 0 Å². The van der Waals surface area contributed by atoms with E-state index in [1.54, 1.807) is 11.3 Å². The Bertz CT molecular complexity index is 313. The molecule has 1 aliphatic rings. The van der Waals surface area contributed by atoms with Crippen LogP contribution in [0.5, 0.6) is 0 Å². The molecule has 1 unspecified atom stereocenters. The van der Waals surface area contributed by atoms with Gasteiger partial charge in [0, 0.05) is 23.0 Å². The molecule has 0 amide bonds. The maximum Gasteiger partial charge on any atom is 0.107 e. The summed E-state index contributed by atoms with van der Waals surface area (Å²) in [6, 6.07) is 0.560. The molecule has 1 aromatic heterocycles. The van der Waals surface area contributed by atoms with E-state index < -0.39 is 0 Å². The molecule has 84 valence electrons. The molecule has 0 N–H and O–H groups in total. The molecule has 2 nitrogen and oxygen atoms in total. The van der Waals surface area contributed by atoms with Crippen LogP contribution in [0, 0.1) is 6.92 Å². The molecule has 1 atom stereocenters. The lowest BCUT2D eigenvalue weighted by Crippen LogP contribution is -2.40. The first-order chi connectivity index (χ1) is 7.29. The van der Waals surface area contributed by atoms with Gasteiger partial charge in [0.05, 0.1) is 6.54 Å². The number of alkyl halides is 1. The van der Waals surface area contributed by atoms with E-state index in [9.17, 15) is 0 Å². The Morgan fingerprint density at radius 1 is 1.60 bits per heavy atom. The Balaban J connectivity index is 1.97. The largest absolute Gasteiger partial charge is 0.293 e. The van der Waals surface area contributed by atoms with Crippen LogP contribution in [0.15, 0.2) is 5.38 Å². The number of thiazole rings is 1. The zero-order valence-electron chi connectivity index (χ0n) is 9.08. The van der Waals surface area contributed by atoms with Crippen molar-refractivity contribution in [2.75, 3.05) is 12.4 Å². The monoisotopic (exact) mass is 244 g/mol. The molecule has 0 aromatic carbocycles. The summed E-state index contributed by atoms with van der Waals surface area (Å²) in [7, 11) is 0. The number of halogens is 1. The van der Waals surface area contributed by atoms with Crippen molar-refractivity contribution in [1.29, 1.82) is 0 Å². The topological polar surface area (TPSA) is 16.1 Å². The van der Waals surface area contributed by atoms with E-state index in [1.807, 2.05) is 0 Å². The van der Waals surface area contributed by atoms with Crippen molar-refractivity contribution >= 4 is 22.9 Å². The zero-order chi connectivity index (χ0) is 10.7. The minimum absolute atomic E-state index is 0.560. The molecule has 1 saturated heterocycles. The van der Waals surface area contributed by atoms with E-state index in [-0.39, 0.29) is 0 Å². The molecular weight excluding hydrogens is 228 g/mol. The lowest BCUT2D eigenvalue weighted by Gasteiger charge is -2.33. The summed E-state index contributed by atoms with van der Waals surface area (Å²) in [5.74, 6) is 0.754. The average molecular weight is 245 g/mol. The van der Waals surface area contributed by atoms with Gasteiger partial charge in [-0.25, -0.2) is 4.98 Å². The van der Waals surface area contributed by atoms with Crippen LogP contribution in [0.3, 0.4) is 0 Å². The summed E-state index contributed by atoms with van der Waals surface area (Å²) in [4.78, 5) is 6.99. The Morgan fingerprint density at radius 3 is 3.13 bits per heavy atom. The first-order valence-electron chi connectivity index (χ1n) is 5.50. The van der Waals surface area contributed by atoms with Crippen LogP contribution in [0.1, 0.15) is 30.0 Å². The van der Waals surface area contributed by atoms with Gasteiger partial charge in [-0.2, -0.15) is 0 Å². The zero-order valence-corrected chi connectivity index (χ0v) is 10.7. The lowest BCUT2D eigenvalue weighted by molar-refractivity contribution is 0.154. The van der Waals surface area contributed by atoms with E-state index in [1.165, 1.54) is 30.8 Å². The van der Waals surface area contributed by atoms with Gasteiger partial charge >= 0.3 is 0 Å². The van der Waals surface area contributed by atoms with Gasteiger partial charge in [-0.15, -0.1) is 22.9 Å². The van der Waals surface area contributed by atoms with Gasteiger partial charge in [0.1, 0.15) is 5.01 Å². The number of hydrogen-bond donors (Lipinski definition) is 0. The van der Waals surface area contributed by atoms with Crippen molar-refractivity contribution in [2.45, 2.75) is 38.8 Å². The fraction of sp³-hybridized carbons (Fsp3) is 0.727. The summed E-state index contributed by atoms with van der Waals surface area (Å²) >= 11 is 7.75. The standard InChI is InChI=1S/C11H17ClN2S/c1-9-8-15-11(13-9)7-14-5-3-2-4-10(14)6-12/h8,10H,2-7H2,1H3. The predicted octanol–water partition coefficient (Wildman–Crippen LogP) is 3.04. The number of rotatable bonds is 3. The third-order valence-electron chi connectivity index (χ3n) is 2.93. The maximum absolute atomic E-state index is 5.99. The van der Waals surface area contributed by atoms with Crippen molar-refractivity contribution in [3.05, 3.63) is 16.1 Å². The van der Waals surface area contributed by atoms with E-state index in [4.69, 9.17) is 11.6 Å². The summed E-state index contributed by atoms with van der Waals surface area (Å²) < 4.78 is 0. The number of hydrogen-bond acceptors (Lipinski definition) is 3. The predicted molar refractivity (Wildman–Crippen MR) is 65.6 cm³/mol. The van der Waals surface area contributed by atoms with Gasteiger partial charge in [-0.05, 0) is 26.3 Å². The highest BCUT2D eigenvalue weighted by molar-refractivity contribution is 7.09. The Kier molecular flexibility index (Phi) is 4.00. The van der Waals surface area contributed by atoms with Crippen molar-refractivity contribution in [2.24, 2.45) is 0 Å². The van der Waals surface area contributed by atoms with Crippen LogP contribution in [-0.4, -0.2) is 28.4 Å². The number of aromatic nitrogens is 1. The molecule has 1 aromatic rings. The highest BCUT2D eigenvalue weighted by atomic mass is 35.5. The maximum atomic E-state index is 5.99. The van der Waals surface area contributed by atoms with Gasteiger partial charge < -0.3 is 0 Å². The van der Waals surface area contributed by atoms with Gasteiger partial charge in [0.15, 0.2) is 0 Å². The first-order valence-corrected chi connectivity index (χ1v) is 6.92. The van der Waals surface area contributed by atoms with Crippen LogP contribution in [0.2, 0.25) is 0 Å². The number of aryl methyl sites for hydroxylation is 1. The van der Waals surface area contributed by atoms with E-state index in [0.29, 0.717) is 6.04 Å². The molecule has 0 spiro atoms. The van der Waals surface area contributed by atoms with Crippen molar-refractivity contribution in [3.63, 3.8) is 0 Å². The van der Waals surface area contributed by atoms with Crippen LogP contribution in [0.4, 0.5) is 0 Å². The van der Waals surface area contributed by atoms with Gasteiger partial charge in [-0.1, -0.05) is 6.42 Å². The number of piperidine rings is 1. The minimum atomic E-state index is 0.560. The molecule has 1 aliphatic heterocycles. The summed E-state index contributed by atoms with van der Waals surface area (Å²) in [5.41, 5.74) is 1.13.